The summed E-state index contributed by atoms with van der Waals surface area (Å²) in [6, 6.07) is 8.55. The van der Waals surface area contributed by atoms with Crippen LogP contribution in [-0.4, -0.2) is 5.91 Å². The van der Waals surface area contributed by atoms with Gasteiger partial charge in [0.05, 0.1) is 6.04 Å². The van der Waals surface area contributed by atoms with Crippen LogP contribution in [0, 0.1) is 5.41 Å². The molecule has 0 aliphatic rings. The summed E-state index contributed by atoms with van der Waals surface area (Å²) in [5.41, 5.74) is 2.27. The summed E-state index contributed by atoms with van der Waals surface area (Å²) >= 11 is 0. The Kier molecular flexibility index (Phi) is 4.44. The van der Waals surface area contributed by atoms with Crippen LogP contribution >= 0.6 is 0 Å². The van der Waals surface area contributed by atoms with E-state index >= 15 is 0 Å². The van der Waals surface area contributed by atoms with Gasteiger partial charge in [0.2, 0.25) is 5.91 Å². The van der Waals surface area contributed by atoms with Crippen molar-refractivity contribution in [3.8, 4) is 0 Å². The van der Waals surface area contributed by atoms with Crippen molar-refractivity contribution in [2.75, 3.05) is 0 Å². The Morgan fingerprint density at radius 1 is 1.00 bits per heavy atom. The average molecular weight is 261 g/mol. The second kappa shape index (κ2) is 5.36. The van der Waals surface area contributed by atoms with Crippen molar-refractivity contribution in [3.05, 3.63) is 35.4 Å². The number of hydrogen-bond donors (Lipinski definition) is 1. The second-order valence-electron chi connectivity index (χ2n) is 7.32. The highest BCUT2D eigenvalue weighted by Crippen LogP contribution is 2.24. The molecule has 0 bridgehead atoms. The lowest BCUT2D eigenvalue weighted by atomic mass is 9.86. The van der Waals surface area contributed by atoms with E-state index in [2.05, 4.69) is 50.4 Å². The lowest BCUT2D eigenvalue weighted by Crippen LogP contribution is -2.36. The standard InChI is InChI=1S/C17H27NO/c1-12(18-15(19)17(5,6)7)13-8-10-14(11-9-13)16(2,3)4/h8-12H,1-7H3,(H,18,19). The fourth-order valence-corrected chi connectivity index (χ4v) is 1.77. The molecule has 0 aliphatic carbocycles. The Bertz CT molecular complexity index is 432. The highest BCUT2D eigenvalue weighted by molar-refractivity contribution is 5.81. The van der Waals surface area contributed by atoms with Gasteiger partial charge in [0.15, 0.2) is 0 Å². The van der Waals surface area contributed by atoms with Gasteiger partial charge in [0.25, 0.3) is 0 Å². The second-order valence-corrected chi connectivity index (χ2v) is 7.32. The van der Waals surface area contributed by atoms with Gasteiger partial charge in [-0.15, -0.1) is 0 Å². The molecule has 0 saturated heterocycles. The van der Waals surface area contributed by atoms with Gasteiger partial charge in [-0.05, 0) is 23.5 Å². The number of benzene rings is 1. The minimum Gasteiger partial charge on any atom is -0.349 e. The maximum absolute atomic E-state index is 12.0. The van der Waals surface area contributed by atoms with Crippen LogP contribution in [0.4, 0.5) is 0 Å². The van der Waals surface area contributed by atoms with E-state index in [1.54, 1.807) is 0 Å². The predicted octanol–water partition coefficient (Wildman–Crippen LogP) is 4.21. The van der Waals surface area contributed by atoms with Crippen molar-refractivity contribution < 1.29 is 4.79 Å². The summed E-state index contributed by atoms with van der Waals surface area (Å²) in [6.07, 6.45) is 0. The molecule has 0 aromatic heterocycles. The molecule has 2 nitrogen and oxygen atoms in total. The number of carbonyl (C=O) groups is 1. The Balaban J connectivity index is 2.79. The monoisotopic (exact) mass is 261 g/mol. The lowest BCUT2D eigenvalue weighted by molar-refractivity contribution is -0.129. The molecule has 106 valence electrons. The van der Waals surface area contributed by atoms with Gasteiger partial charge in [-0.1, -0.05) is 65.8 Å². The zero-order chi connectivity index (χ0) is 14.8. The SMILES string of the molecule is CC(NC(=O)C(C)(C)C)c1ccc(C(C)(C)C)cc1. The Hall–Kier alpha value is -1.31. The fourth-order valence-electron chi connectivity index (χ4n) is 1.77. The molecule has 1 amide bonds. The topological polar surface area (TPSA) is 29.1 Å². The molecule has 0 aliphatic heterocycles. The molecule has 0 heterocycles. The summed E-state index contributed by atoms with van der Waals surface area (Å²) in [7, 11) is 0. The van der Waals surface area contributed by atoms with Crippen molar-refractivity contribution in [1.82, 2.24) is 5.32 Å². The van der Waals surface area contributed by atoms with Crippen LogP contribution in [0.2, 0.25) is 0 Å². The average Bonchev–Trinajstić information content (AvgIpc) is 2.26. The largest absolute Gasteiger partial charge is 0.349 e. The van der Waals surface area contributed by atoms with Crippen LogP contribution in [0.5, 0.6) is 0 Å². The Morgan fingerprint density at radius 3 is 1.84 bits per heavy atom. The first kappa shape index (κ1) is 15.7. The number of amides is 1. The molecule has 0 saturated carbocycles. The zero-order valence-corrected chi connectivity index (χ0v) is 13.3. The maximum Gasteiger partial charge on any atom is 0.225 e. The molecule has 0 fully saturated rings. The zero-order valence-electron chi connectivity index (χ0n) is 13.3. The van der Waals surface area contributed by atoms with Crippen molar-refractivity contribution in [2.24, 2.45) is 5.41 Å². The van der Waals surface area contributed by atoms with Gasteiger partial charge >= 0.3 is 0 Å². The van der Waals surface area contributed by atoms with E-state index in [0.717, 1.165) is 5.56 Å². The molecule has 1 N–H and O–H groups in total. The predicted molar refractivity (Wildman–Crippen MR) is 81.2 cm³/mol. The van der Waals surface area contributed by atoms with Crippen molar-refractivity contribution in [3.63, 3.8) is 0 Å². The van der Waals surface area contributed by atoms with Crippen LogP contribution in [0.1, 0.15) is 65.6 Å². The Morgan fingerprint density at radius 2 is 1.47 bits per heavy atom. The van der Waals surface area contributed by atoms with Gasteiger partial charge in [0.1, 0.15) is 0 Å². The van der Waals surface area contributed by atoms with E-state index in [4.69, 9.17) is 0 Å². The van der Waals surface area contributed by atoms with Gasteiger partial charge in [-0.25, -0.2) is 0 Å². The van der Waals surface area contributed by atoms with E-state index in [0.29, 0.717) is 0 Å². The fraction of sp³-hybridized carbons (Fsp3) is 0.588. The smallest absolute Gasteiger partial charge is 0.225 e. The van der Waals surface area contributed by atoms with Gasteiger partial charge in [-0.2, -0.15) is 0 Å². The van der Waals surface area contributed by atoms with E-state index in [9.17, 15) is 4.79 Å². The first-order valence-corrected chi connectivity index (χ1v) is 6.93. The molecule has 1 rings (SSSR count). The third kappa shape index (κ3) is 4.38. The van der Waals surface area contributed by atoms with E-state index in [1.807, 2.05) is 27.7 Å². The summed E-state index contributed by atoms with van der Waals surface area (Å²) in [4.78, 5) is 12.0. The normalized spacial score (nSPS) is 14.1. The molecular weight excluding hydrogens is 234 g/mol. The van der Waals surface area contributed by atoms with Gasteiger partial charge in [-0.3, -0.25) is 4.79 Å². The molecule has 1 atom stereocenters. The number of hydrogen-bond acceptors (Lipinski definition) is 1. The minimum atomic E-state index is -0.348. The van der Waals surface area contributed by atoms with Crippen LogP contribution in [0.25, 0.3) is 0 Å². The molecule has 1 unspecified atom stereocenters. The molecule has 0 radical (unpaired) electrons. The highest BCUT2D eigenvalue weighted by Gasteiger charge is 2.23. The van der Waals surface area contributed by atoms with Crippen molar-refractivity contribution >= 4 is 5.91 Å². The molecule has 0 spiro atoms. The minimum absolute atomic E-state index is 0.0424. The van der Waals surface area contributed by atoms with Crippen LogP contribution < -0.4 is 5.32 Å². The third-order valence-corrected chi connectivity index (χ3v) is 3.31. The van der Waals surface area contributed by atoms with Gasteiger partial charge < -0.3 is 5.32 Å². The van der Waals surface area contributed by atoms with Crippen LogP contribution in [-0.2, 0) is 10.2 Å². The third-order valence-electron chi connectivity index (χ3n) is 3.31. The summed E-state index contributed by atoms with van der Waals surface area (Å²) in [5.74, 6) is 0.0832. The first-order valence-electron chi connectivity index (χ1n) is 6.93. The van der Waals surface area contributed by atoms with Gasteiger partial charge in [0, 0.05) is 5.41 Å². The maximum atomic E-state index is 12.0. The summed E-state index contributed by atoms with van der Waals surface area (Å²) in [5, 5.41) is 3.06. The van der Waals surface area contributed by atoms with Crippen LogP contribution in [0.3, 0.4) is 0 Å². The summed E-state index contributed by atoms with van der Waals surface area (Å²) < 4.78 is 0. The molecule has 19 heavy (non-hydrogen) atoms. The molecule has 1 aromatic rings. The quantitative estimate of drug-likeness (QED) is 0.849. The van der Waals surface area contributed by atoms with E-state index in [-0.39, 0.29) is 22.8 Å². The molecule has 1 aromatic carbocycles. The lowest BCUT2D eigenvalue weighted by Gasteiger charge is -2.23. The highest BCUT2D eigenvalue weighted by atomic mass is 16.2. The van der Waals surface area contributed by atoms with Crippen LogP contribution in [0.15, 0.2) is 24.3 Å². The Labute approximate surface area is 117 Å². The number of carbonyl (C=O) groups excluding carboxylic acids is 1. The van der Waals surface area contributed by atoms with E-state index in [1.165, 1.54) is 5.56 Å². The van der Waals surface area contributed by atoms with Crippen molar-refractivity contribution in [1.29, 1.82) is 0 Å². The first-order chi connectivity index (χ1) is 8.51. The van der Waals surface area contributed by atoms with E-state index < -0.39 is 0 Å². The molecular formula is C17H27NO. The summed E-state index contributed by atoms with van der Waals surface area (Å²) in [6.45, 7) is 14.4. The number of nitrogens with one attached hydrogen (secondary N) is 1. The molecule has 2 heteroatoms. The number of rotatable bonds is 2. The van der Waals surface area contributed by atoms with Crippen molar-refractivity contribution in [2.45, 2.75) is 59.9 Å².